The topological polar surface area (TPSA) is 103 Å². The first kappa shape index (κ1) is 18.4. The number of likely N-dealkylation sites (N-methyl/N-ethyl adjacent to an activating group) is 1. The molecule has 1 atom stereocenters. The minimum Gasteiger partial charge on any atom is -0.473 e. The number of fused-ring (bicyclic) bond motifs is 1. The molecule has 2 aromatic rings. The lowest BCUT2D eigenvalue weighted by molar-refractivity contribution is -0.391. The zero-order valence-electron chi connectivity index (χ0n) is 13.2. The van der Waals surface area contributed by atoms with E-state index >= 15 is 0 Å². The van der Waals surface area contributed by atoms with Gasteiger partial charge in [-0.15, -0.1) is 0 Å². The Morgan fingerprint density at radius 1 is 1.48 bits per heavy atom. The van der Waals surface area contributed by atoms with Crippen LogP contribution in [0.4, 0.5) is 19.0 Å². The van der Waals surface area contributed by atoms with Crippen molar-refractivity contribution in [2.75, 3.05) is 13.2 Å². The van der Waals surface area contributed by atoms with E-state index in [1.165, 1.54) is 26.0 Å². The van der Waals surface area contributed by atoms with Crippen molar-refractivity contribution in [2.24, 2.45) is 0 Å². The van der Waals surface area contributed by atoms with Crippen LogP contribution in [0.5, 0.6) is 5.88 Å². The van der Waals surface area contributed by atoms with Gasteiger partial charge < -0.3 is 19.8 Å². The Morgan fingerprint density at radius 2 is 2.16 bits per heavy atom. The Labute approximate surface area is 139 Å². The van der Waals surface area contributed by atoms with Gasteiger partial charge in [0.25, 0.3) is 5.88 Å². The molecule has 0 aliphatic heterocycles. The van der Waals surface area contributed by atoms with Crippen molar-refractivity contribution >= 4 is 17.4 Å². The molecule has 0 saturated carbocycles. The van der Waals surface area contributed by atoms with Gasteiger partial charge in [0.05, 0.1) is 6.04 Å². The molecular formula is C13H14F3N5O4. The standard InChI is InChI=1S/C13H14F3N5O4/c1-3-19(12(22)13(14,15)16)8(2)7-25-10-5-4-9-17-6-11(21(23)24)20(9)18-10/h4-6,8H,3,7H2,1-2H3/t8-/m1/s1. The SMILES string of the molecule is CCN(C(=O)C(F)(F)F)[C@H](C)COc1ccc2ncc([N+](=O)[O-])n2n1. The molecule has 0 spiro atoms. The van der Waals surface area contributed by atoms with Crippen LogP contribution in [-0.4, -0.2) is 55.7 Å². The minimum atomic E-state index is -4.97. The maximum Gasteiger partial charge on any atom is 0.471 e. The quantitative estimate of drug-likeness (QED) is 0.574. The van der Waals surface area contributed by atoms with Crippen molar-refractivity contribution in [3.8, 4) is 5.88 Å². The number of halogens is 3. The lowest BCUT2D eigenvalue weighted by atomic mass is 10.3. The summed E-state index contributed by atoms with van der Waals surface area (Å²) in [6.07, 6.45) is -3.95. The molecule has 0 aliphatic carbocycles. The highest BCUT2D eigenvalue weighted by molar-refractivity contribution is 5.82. The van der Waals surface area contributed by atoms with Gasteiger partial charge in [0.1, 0.15) is 12.8 Å². The van der Waals surface area contributed by atoms with Crippen LogP contribution >= 0.6 is 0 Å². The smallest absolute Gasteiger partial charge is 0.471 e. The van der Waals surface area contributed by atoms with Crippen LogP contribution in [0.25, 0.3) is 5.65 Å². The Morgan fingerprint density at radius 3 is 2.72 bits per heavy atom. The largest absolute Gasteiger partial charge is 0.473 e. The molecule has 12 heteroatoms. The molecular weight excluding hydrogens is 347 g/mol. The van der Waals surface area contributed by atoms with Gasteiger partial charge in [-0.05, 0) is 23.9 Å². The molecule has 25 heavy (non-hydrogen) atoms. The first-order chi connectivity index (χ1) is 11.6. The van der Waals surface area contributed by atoms with Gasteiger partial charge >= 0.3 is 17.9 Å². The van der Waals surface area contributed by atoms with Crippen LogP contribution in [0.2, 0.25) is 0 Å². The molecule has 0 aromatic carbocycles. The van der Waals surface area contributed by atoms with Crippen LogP contribution in [0.1, 0.15) is 13.8 Å². The molecule has 0 aliphatic rings. The van der Waals surface area contributed by atoms with Crippen LogP contribution in [0.3, 0.4) is 0 Å². The van der Waals surface area contributed by atoms with Gasteiger partial charge in [0, 0.05) is 18.7 Å². The summed E-state index contributed by atoms with van der Waals surface area (Å²) in [5.74, 6) is -2.38. The number of nitro groups is 1. The summed E-state index contributed by atoms with van der Waals surface area (Å²) in [6, 6.07) is 1.91. The average Bonchev–Trinajstić information content (AvgIpc) is 2.95. The number of imidazole rings is 1. The third kappa shape index (κ3) is 3.95. The second-order valence-corrected chi connectivity index (χ2v) is 5.06. The Kier molecular flexibility index (Phi) is 5.09. The van der Waals surface area contributed by atoms with Crippen molar-refractivity contribution in [3.63, 3.8) is 0 Å². The molecule has 0 bridgehead atoms. The highest BCUT2D eigenvalue weighted by Crippen LogP contribution is 2.20. The molecule has 0 unspecified atom stereocenters. The Hall–Kier alpha value is -2.92. The monoisotopic (exact) mass is 361 g/mol. The predicted octanol–water partition coefficient (Wildman–Crippen LogP) is 1.82. The number of rotatable bonds is 6. The first-order valence-electron chi connectivity index (χ1n) is 7.15. The van der Waals surface area contributed by atoms with Gasteiger partial charge in [0.15, 0.2) is 0 Å². The molecule has 2 rings (SSSR count). The van der Waals surface area contributed by atoms with Gasteiger partial charge in [0.2, 0.25) is 5.65 Å². The van der Waals surface area contributed by atoms with E-state index in [1.807, 2.05) is 0 Å². The van der Waals surface area contributed by atoms with E-state index in [1.54, 1.807) is 0 Å². The van der Waals surface area contributed by atoms with E-state index in [9.17, 15) is 28.1 Å². The average molecular weight is 361 g/mol. The molecule has 9 nitrogen and oxygen atoms in total. The second-order valence-electron chi connectivity index (χ2n) is 5.06. The molecule has 0 fully saturated rings. The summed E-state index contributed by atoms with van der Waals surface area (Å²) in [5.41, 5.74) is 0.217. The number of alkyl halides is 3. The van der Waals surface area contributed by atoms with Crippen molar-refractivity contribution < 1.29 is 27.6 Å². The van der Waals surface area contributed by atoms with E-state index in [4.69, 9.17) is 4.74 Å². The normalized spacial score (nSPS) is 12.8. The van der Waals surface area contributed by atoms with E-state index in [0.29, 0.717) is 4.90 Å². The summed E-state index contributed by atoms with van der Waals surface area (Å²) < 4.78 is 43.9. The first-order valence-corrected chi connectivity index (χ1v) is 7.15. The second kappa shape index (κ2) is 6.91. The highest BCUT2D eigenvalue weighted by atomic mass is 19.4. The van der Waals surface area contributed by atoms with Gasteiger partial charge in [-0.25, -0.2) is 4.98 Å². The number of aromatic nitrogens is 3. The summed E-state index contributed by atoms with van der Waals surface area (Å²) in [6.45, 7) is 2.39. The van der Waals surface area contributed by atoms with Gasteiger partial charge in [-0.1, -0.05) is 4.52 Å². The van der Waals surface area contributed by atoms with Crippen molar-refractivity contribution in [2.45, 2.75) is 26.1 Å². The number of amides is 1. The molecule has 0 radical (unpaired) electrons. The third-order valence-electron chi connectivity index (χ3n) is 3.36. The number of ether oxygens (including phenoxy) is 1. The summed E-state index contributed by atoms with van der Waals surface area (Å²) in [7, 11) is 0. The van der Waals surface area contributed by atoms with Gasteiger partial charge in [-0.2, -0.15) is 13.2 Å². The molecule has 136 valence electrons. The number of hydrogen-bond acceptors (Lipinski definition) is 6. The lowest BCUT2D eigenvalue weighted by Gasteiger charge is -2.28. The number of carbonyl (C=O) groups excluding carboxylic acids is 1. The zero-order chi connectivity index (χ0) is 18.8. The highest BCUT2D eigenvalue weighted by Gasteiger charge is 2.43. The lowest BCUT2D eigenvalue weighted by Crippen LogP contribution is -2.48. The van der Waals surface area contributed by atoms with Gasteiger partial charge in [-0.3, -0.25) is 4.79 Å². The third-order valence-corrected chi connectivity index (χ3v) is 3.36. The van der Waals surface area contributed by atoms with E-state index in [2.05, 4.69) is 10.1 Å². The van der Waals surface area contributed by atoms with Crippen molar-refractivity contribution in [3.05, 3.63) is 28.4 Å². The van der Waals surface area contributed by atoms with Crippen LogP contribution in [0.15, 0.2) is 18.3 Å². The zero-order valence-corrected chi connectivity index (χ0v) is 13.2. The summed E-state index contributed by atoms with van der Waals surface area (Å²) >= 11 is 0. The van der Waals surface area contributed by atoms with Crippen LogP contribution in [-0.2, 0) is 4.79 Å². The fraction of sp³-hybridized carbons (Fsp3) is 0.462. The van der Waals surface area contributed by atoms with E-state index in [0.717, 1.165) is 10.7 Å². The Bertz CT molecular complexity index is 792. The van der Waals surface area contributed by atoms with Crippen molar-refractivity contribution in [1.82, 2.24) is 19.5 Å². The fourth-order valence-corrected chi connectivity index (χ4v) is 2.16. The van der Waals surface area contributed by atoms with E-state index < -0.39 is 23.0 Å². The number of nitrogens with zero attached hydrogens (tertiary/aromatic N) is 5. The summed E-state index contributed by atoms with van der Waals surface area (Å²) in [4.78, 5) is 26.0. The predicted molar refractivity (Wildman–Crippen MR) is 78.0 cm³/mol. The number of carbonyl (C=O) groups is 1. The fourth-order valence-electron chi connectivity index (χ4n) is 2.16. The van der Waals surface area contributed by atoms with Crippen LogP contribution in [0, 0.1) is 10.1 Å². The maximum atomic E-state index is 12.6. The van der Waals surface area contributed by atoms with Crippen LogP contribution < -0.4 is 4.74 Å². The Balaban J connectivity index is 2.12. The minimum absolute atomic E-state index is 0.0454. The molecule has 0 saturated heterocycles. The van der Waals surface area contributed by atoms with Crippen molar-refractivity contribution in [1.29, 1.82) is 0 Å². The maximum absolute atomic E-state index is 12.6. The molecule has 0 N–H and O–H groups in total. The molecule has 2 heterocycles. The number of hydrogen-bond donors (Lipinski definition) is 0. The summed E-state index contributed by atoms with van der Waals surface area (Å²) in [5, 5.41) is 14.7. The molecule has 1 amide bonds. The molecule has 2 aromatic heterocycles. The van der Waals surface area contributed by atoms with E-state index in [-0.39, 0.29) is 30.5 Å².